The van der Waals surface area contributed by atoms with Crippen LogP contribution in [0.15, 0.2) is 24.3 Å². The number of hydrogen-bond acceptors (Lipinski definition) is 3. The van der Waals surface area contributed by atoms with Gasteiger partial charge in [0.1, 0.15) is 5.82 Å². The molecule has 4 heteroatoms. The minimum absolute atomic E-state index is 0.218. The van der Waals surface area contributed by atoms with E-state index in [1.165, 1.54) is 6.07 Å². The van der Waals surface area contributed by atoms with Gasteiger partial charge in [-0.2, -0.15) is 0 Å². The molecular formula is C14H16FN3. The highest BCUT2D eigenvalue weighted by molar-refractivity contribution is 5.61. The Morgan fingerprint density at radius 2 is 1.89 bits per heavy atom. The van der Waals surface area contributed by atoms with E-state index in [9.17, 15) is 4.39 Å². The molecule has 1 aromatic carbocycles. The molecule has 94 valence electrons. The van der Waals surface area contributed by atoms with Gasteiger partial charge in [-0.3, -0.25) is 0 Å². The van der Waals surface area contributed by atoms with E-state index >= 15 is 0 Å². The Morgan fingerprint density at radius 1 is 1.17 bits per heavy atom. The van der Waals surface area contributed by atoms with E-state index in [0.717, 1.165) is 17.0 Å². The lowest BCUT2D eigenvalue weighted by molar-refractivity contribution is 0.619. The standard InChI is InChI=1S/C14H16FN3/c1-8(2)12-7-13(18-14(16)17-12)10-4-5-11(15)9(3)6-10/h4-8H,1-3H3,(H2,16,17,18). The van der Waals surface area contributed by atoms with Crippen LogP contribution in [0.4, 0.5) is 10.3 Å². The summed E-state index contributed by atoms with van der Waals surface area (Å²) in [6, 6.07) is 6.81. The normalized spacial score (nSPS) is 10.9. The van der Waals surface area contributed by atoms with Crippen LogP contribution in [0.5, 0.6) is 0 Å². The van der Waals surface area contributed by atoms with Crippen LogP contribution in [-0.4, -0.2) is 9.97 Å². The number of anilines is 1. The molecule has 1 aromatic heterocycles. The third-order valence-corrected chi connectivity index (χ3v) is 2.81. The van der Waals surface area contributed by atoms with Crippen LogP contribution in [0.1, 0.15) is 31.0 Å². The van der Waals surface area contributed by atoms with Gasteiger partial charge in [0.05, 0.1) is 5.69 Å². The number of nitrogens with zero attached hydrogens (tertiary/aromatic N) is 2. The van der Waals surface area contributed by atoms with Gasteiger partial charge in [0.15, 0.2) is 0 Å². The summed E-state index contributed by atoms with van der Waals surface area (Å²) in [5.74, 6) is 0.304. The van der Waals surface area contributed by atoms with Gasteiger partial charge < -0.3 is 5.73 Å². The maximum absolute atomic E-state index is 13.2. The average molecular weight is 245 g/mol. The summed E-state index contributed by atoms with van der Waals surface area (Å²) in [5.41, 5.74) is 8.77. The molecule has 0 aliphatic carbocycles. The van der Waals surface area contributed by atoms with Gasteiger partial charge in [-0.05, 0) is 42.7 Å². The van der Waals surface area contributed by atoms with Crippen molar-refractivity contribution in [3.05, 3.63) is 41.3 Å². The molecule has 0 unspecified atom stereocenters. The molecule has 1 heterocycles. The number of hydrogen-bond donors (Lipinski definition) is 1. The summed E-state index contributed by atoms with van der Waals surface area (Å²) in [7, 11) is 0. The zero-order chi connectivity index (χ0) is 13.3. The van der Waals surface area contributed by atoms with Crippen molar-refractivity contribution < 1.29 is 4.39 Å². The zero-order valence-electron chi connectivity index (χ0n) is 10.7. The van der Waals surface area contributed by atoms with Gasteiger partial charge in [-0.1, -0.05) is 13.8 Å². The van der Waals surface area contributed by atoms with E-state index < -0.39 is 0 Å². The minimum Gasteiger partial charge on any atom is -0.368 e. The number of benzene rings is 1. The van der Waals surface area contributed by atoms with Crippen LogP contribution < -0.4 is 5.73 Å². The second-order valence-electron chi connectivity index (χ2n) is 4.65. The number of nitrogen functional groups attached to an aromatic ring is 1. The van der Waals surface area contributed by atoms with Crippen LogP contribution in [-0.2, 0) is 0 Å². The fourth-order valence-electron chi connectivity index (χ4n) is 1.73. The largest absolute Gasteiger partial charge is 0.368 e. The Kier molecular flexibility index (Phi) is 3.28. The lowest BCUT2D eigenvalue weighted by Gasteiger charge is -2.09. The lowest BCUT2D eigenvalue weighted by Crippen LogP contribution is -2.02. The summed E-state index contributed by atoms with van der Waals surface area (Å²) < 4.78 is 13.2. The molecule has 0 aliphatic heterocycles. The van der Waals surface area contributed by atoms with Crippen molar-refractivity contribution in [3.8, 4) is 11.3 Å². The van der Waals surface area contributed by atoms with Gasteiger partial charge in [0, 0.05) is 11.3 Å². The second kappa shape index (κ2) is 4.72. The predicted octanol–water partition coefficient (Wildman–Crippen LogP) is 3.30. The highest BCUT2D eigenvalue weighted by Gasteiger charge is 2.09. The van der Waals surface area contributed by atoms with Crippen LogP contribution in [0, 0.1) is 12.7 Å². The topological polar surface area (TPSA) is 51.8 Å². The van der Waals surface area contributed by atoms with Crippen molar-refractivity contribution >= 4 is 5.95 Å². The predicted molar refractivity (Wildman–Crippen MR) is 70.7 cm³/mol. The number of halogens is 1. The van der Waals surface area contributed by atoms with E-state index in [-0.39, 0.29) is 17.7 Å². The highest BCUT2D eigenvalue weighted by Crippen LogP contribution is 2.23. The van der Waals surface area contributed by atoms with E-state index in [1.807, 2.05) is 19.9 Å². The summed E-state index contributed by atoms with van der Waals surface area (Å²) >= 11 is 0. The van der Waals surface area contributed by atoms with E-state index in [0.29, 0.717) is 5.56 Å². The van der Waals surface area contributed by atoms with Crippen molar-refractivity contribution in [1.29, 1.82) is 0 Å². The van der Waals surface area contributed by atoms with Gasteiger partial charge in [0.2, 0.25) is 5.95 Å². The van der Waals surface area contributed by atoms with Crippen LogP contribution in [0.2, 0.25) is 0 Å². The molecule has 0 amide bonds. The van der Waals surface area contributed by atoms with Crippen LogP contribution in [0.25, 0.3) is 11.3 Å². The number of nitrogens with two attached hydrogens (primary N) is 1. The Labute approximate surface area is 106 Å². The molecule has 0 fully saturated rings. The zero-order valence-corrected chi connectivity index (χ0v) is 10.7. The molecule has 0 saturated carbocycles. The van der Waals surface area contributed by atoms with Crippen molar-refractivity contribution in [2.45, 2.75) is 26.7 Å². The van der Waals surface area contributed by atoms with Crippen molar-refractivity contribution in [3.63, 3.8) is 0 Å². The molecule has 0 atom stereocenters. The maximum Gasteiger partial charge on any atom is 0.220 e. The van der Waals surface area contributed by atoms with E-state index in [4.69, 9.17) is 5.73 Å². The first kappa shape index (κ1) is 12.5. The molecule has 0 bridgehead atoms. The average Bonchev–Trinajstić information content (AvgIpc) is 2.31. The summed E-state index contributed by atoms with van der Waals surface area (Å²) in [6.07, 6.45) is 0. The molecule has 2 N–H and O–H groups in total. The number of aryl methyl sites for hydroxylation is 1. The van der Waals surface area contributed by atoms with Crippen LogP contribution in [0.3, 0.4) is 0 Å². The van der Waals surface area contributed by atoms with E-state index in [2.05, 4.69) is 9.97 Å². The number of rotatable bonds is 2. The molecular weight excluding hydrogens is 229 g/mol. The first-order valence-corrected chi connectivity index (χ1v) is 5.88. The molecule has 0 aliphatic rings. The van der Waals surface area contributed by atoms with Crippen molar-refractivity contribution in [2.24, 2.45) is 0 Å². The first-order chi connectivity index (χ1) is 8.47. The Balaban J connectivity index is 2.53. The molecule has 0 saturated heterocycles. The molecule has 2 rings (SSSR count). The monoisotopic (exact) mass is 245 g/mol. The quantitative estimate of drug-likeness (QED) is 0.883. The smallest absolute Gasteiger partial charge is 0.220 e. The minimum atomic E-state index is -0.218. The van der Waals surface area contributed by atoms with Gasteiger partial charge in [0.25, 0.3) is 0 Å². The van der Waals surface area contributed by atoms with E-state index in [1.54, 1.807) is 19.1 Å². The molecule has 18 heavy (non-hydrogen) atoms. The Morgan fingerprint density at radius 3 is 2.50 bits per heavy atom. The molecule has 0 radical (unpaired) electrons. The third-order valence-electron chi connectivity index (χ3n) is 2.81. The van der Waals surface area contributed by atoms with Gasteiger partial charge >= 0.3 is 0 Å². The summed E-state index contributed by atoms with van der Waals surface area (Å²) in [6.45, 7) is 5.82. The van der Waals surface area contributed by atoms with Crippen LogP contribution >= 0.6 is 0 Å². The third kappa shape index (κ3) is 2.47. The fourth-order valence-corrected chi connectivity index (χ4v) is 1.73. The first-order valence-electron chi connectivity index (χ1n) is 5.88. The van der Waals surface area contributed by atoms with Crippen molar-refractivity contribution in [1.82, 2.24) is 9.97 Å². The fraction of sp³-hybridized carbons (Fsp3) is 0.286. The second-order valence-corrected chi connectivity index (χ2v) is 4.65. The number of aromatic nitrogens is 2. The summed E-state index contributed by atoms with van der Waals surface area (Å²) in [4.78, 5) is 8.39. The molecule has 3 nitrogen and oxygen atoms in total. The SMILES string of the molecule is Cc1cc(-c2cc(C(C)C)nc(N)n2)ccc1F. The Bertz CT molecular complexity index is 579. The lowest BCUT2D eigenvalue weighted by atomic mass is 10.0. The highest BCUT2D eigenvalue weighted by atomic mass is 19.1. The molecule has 0 spiro atoms. The maximum atomic E-state index is 13.2. The molecule has 2 aromatic rings. The van der Waals surface area contributed by atoms with Crippen molar-refractivity contribution in [2.75, 3.05) is 5.73 Å². The van der Waals surface area contributed by atoms with Gasteiger partial charge in [-0.15, -0.1) is 0 Å². The van der Waals surface area contributed by atoms with Gasteiger partial charge in [-0.25, -0.2) is 14.4 Å². The Hall–Kier alpha value is -1.97. The summed E-state index contributed by atoms with van der Waals surface area (Å²) in [5, 5.41) is 0.